The van der Waals surface area contributed by atoms with Gasteiger partial charge in [0.2, 0.25) is 5.91 Å². The van der Waals surface area contributed by atoms with E-state index in [1.165, 1.54) is 0 Å². The number of halogens is 1. The van der Waals surface area contributed by atoms with Crippen LogP contribution in [0.25, 0.3) is 0 Å². The highest BCUT2D eigenvalue weighted by molar-refractivity contribution is 14.0. The Balaban J connectivity index is 0.00000576. The summed E-state index contributed by atoms with van der Waals surface area (Å²) in [5.74, 6) is 1.63. The Bertz CT molecular complexity index is 559. The fourth-order valence-electron chi connectivity index (χ4n) is 2.24. The lowest BCUT2D eigenvalue weighted by molar-refractivity contribution is -0.128. The molecular formula is C18H31IN4O2. The summed E-state index contributed by atoms with van der Waals surface area (Å²) in [5, 5.41) is 6.15. The van der Waals surface area contributed by atoms with Crippen molar-refractivity contribution in [2.24, 2.45) is 10.4 Å². The van der Waals surface area contributed by atoms with Gasteiger partial charge in [-0.25, -0.2) is 0 Å². The van der Waals surface area contributed by atoms with Gasteiger partial charge in [0, 0.05) is 33.7 Å². The second-order valence-corrected chi connectivity index (χ2v) is 6.35. The molecule has 1 amide bonds. The molecule has 0 bridgehead atoms. The summed E-state index contributed by atoms with van der Waals surface area (Å²) in [4.78, 5) is 18.4. The molecule has 0 saturated heterocycles. The van der Waals surface area contributed by atoms with E-state index in [4.69, 9.17) is 4.74 Å². The quantitative estimate of drug-likeness (QED) is 0.371. The van der Waals surface area contributed by atoms with E-state index in [-0.39, 0.29) is 29.9 Å². The minimum absolute atomic E-state index is 0. The molecule has 0 radical (unpaired) electrons. The Labute approximate surface area is 168 Å². The minimum atomic E-state index is -0.507. The molecule has 142 valence electrons. The normalized spacial score (nSPS) is 11.4. The van der Waals surface area contributed by atoms with Crippen LogP contribution in [0.3, 0.4) is 0 Å². The number of amides is 1. The van der Waals surface area contributed by atoms with Gasteiger partial charge in [-0.05, 0) is 38.5 Å². The molecule has 1 rings (SSSR count). The zero-order valence-corrected chi connectivity index (χ0v) is 18.4. The Hall–Kier alpha value is -1.51. The number of nitrogens with one attached hydrogen (secondary N) is 2. The van der Waals surface area contributed by atoms with Gasteiger partial charge in [-0.3, -0.25) is 9.79 Å². The summed E-state index contributed by atoms with van der Waals surface area (Å²) in [5.41, 5.74) is 0.650. The molecule has 0 unspecified atom stereocenters. The number of ether oxygens (including phenoxy) is 1. The third kappa shape index (κ3) is 7.50. The van der Waals surface area contributed by atoms with Gasteiger partial charge in [0.05, 0.1) is 12.5 Å². The number of carbonyl (C=O) groups excluding carboxylic acids is 1. The molecule has 1 aromatic rings. The van der Waals surface area contributed by atoms with E-state index in [0.717, 1.165) is 17.3 Å². The second kappa shape index (κ2) is 11.2. The van der Waals surface area contributed by atoms with Crippen LogP contribution in [-0.2, 0) is 11.3 Å². The Morgan fingerprint density at radius 2 is 1.84 bits per heavy atom. The largest absolute Gasteiger partial charge is 0.497 e. The second-order valence-electron chi connectivity index (χ2n) is 6.35. The molecule has 6 nitrogen and oxygen atoms in total. The van der Waals surface area contributed by atoms with Gasteiger partial charge in [-0.1, -0.05) is 12.1 Å². The SMILES string of the molecule is CCNC(=O)C(C)(C)CNC(=NC)N(C)Cc1ccc(OC)cc1.I. The topological polar surface area (TPSA) is 66.0 Å². The molecule has 0 aliphatic carbocycles. The van der Waals surface area contributed by atoms with Crippen LogP contribution >= 0.6 is 24.0 Å². The van der Waals surface area contributed by atoms with E-state index < -0.39 is 5.41 Å². The number of methoxy groups -OCH3 is 1. The number of rotatable bonds is 7. The first kappa shape index (κ1) is 23.5. The van der Waals surface area contributed by atoms with Crippen LogP contribution in [0.4, 0.5) is 0 Å². The summed E-state index contributed by atoms with van der Waals surface area (Å²) in [6.45, 7) is 7.62. The van der Waals surface area contributed by atoms with Crippen LogP contribution in [0.5, 0.6) is 5.75 Å². The molecule has 0 fully saturated rings. The van der Waals surface area contributed by atoms with Crippen molar-refractivity contribution in [3.63, 3.8) is 0 Å². The molecule has 0 heterocycles. The first-order chi connectivity index (χ1) is 11.3. The Kier molecular flexibility index (Phi) is 10.5. The van der Waals surface area contributed by atoms with Crippen molar-refractivity contribution in [2.75, 3.05) is 34.3 Å². The molecule has 0 atom stereocenters. The maximum absolute atomic E-state index is 12.1. The highest BCUT2D eigenvalue weighted by Crippen LogP contribution is 2.15. The van der Waals surface area contributed by atoms with Crippen molar-refractivity contribution < 1.29 is 9.53 Å². The van der Waals surface area contributed by atoms with E-state index in [9.17, 15) is 4.79 Å². The average Bonchev–Trinajstić information content (AvgIpc) is 2.56. The molecule has 0 aromatic heterocycles. The highest BCUT2D eigenvalue weighted by Gasteiger charge is 2.27. The number of guanidine groups is 1. The highest BCUT2D eigenvalue weighted by atomic mass is 127. The maximum atomic E-state index is 12.1. The van der Waals surface area contributed by atoms with Gasteiger partial charge in [0.25, 0.3) is 0 Å². The minimum Gasteiger partial charge on any atom is -0.497 e. The van der Waals surface area contributed by atoms with Crippen molar-refractivity contribution in [2.45, 2.75) is 27.3 Å². The van der Waals surface area contributed by atoms with Crippen LogP contribution in [0, 0.1) is 5.41 Å². The first-order valence-corrected chi connectivity index (χ1v) is 8.17. The Morgan fingerprint density at radius 1 is 1.24 bits per heavy atom. The number of nitrogens with zero attached hydrogens (tertiary/aromatic N) is 2. The molecule has 2 N–H and O–H groups in total. The van der Waals surface area contributed by atoms with E-state index in [2.05, 4.69) is 15.6 Å². The predicted molar refractivity (Wildman–Crippen MR) is 114 cm³/mol. The fourth-order valence-corrected chi connectivity index (χ4v) is 2.24. The van der Waals surface area contributed by atoms with Crippen molar-refractivity contribution >= 4 is 35.8 Å². The maximum Gasteiger partial charge on any atom is 0.227 e. The van der Waals surface area contributed by atoms with Gasteiger partial charge < -0.3 is 20.3 Å². The lowest BCUT2D eigenvalue weighted by Gasteiger charge is -2.28. The summed E-state index contributed by atoms with van der Waals surface area (Å²) in [6, 6.07) is 7.94. The third-order valence-corrected chi connectivity index (χ3v) is 3.79. The standard InChI is InChI=1S/C18H30N4O2.HI/c1-7-20-16(23)18(2,3)13-21-17(19-4)22(5)12-14-8-10-15(24-6)11-9-14;/h8-11H,7,12-13H2,1-6H3,(H,19,21)(H,20,23);1H. The number of benzene rings is 1. The Morgan fingerprint density at radius 3 is 2.32 bits per heavy atom. The molecular weight excluding hydrogens is 431 g/mol. The van der Waals surface area contributed by atoms with Gasteiger partial charge in [0.15, 0.2) is 5.96 Å². The zero-order valence-electron chi connectivity index (χ0n) is 16.0. The van der Waals surface area contributed by atoms with Crippen molar-refractivity contribution in [1.29, 1.82) is 0 Å². The van der Waals surface area contributed by atoms with Crippen LogP contribution in [0.15, 0.2) is 29.3 Å². The summed E-state index contributed by atoms with van der Waals surface area (Å²) in [7, 11) is 5.37. The summed E-state index contributed by atoms with van der Waals surface area (Å²) in [6.07, 6.45) is 0. The number of hydrogen-bond donors (Lipinski definition) is 2. The van der Waals surface area contributed by atoms with Gasteiger partial charge in [-0.2, -0.15) is 0 Å². The van der Waals surface area contributed by atoms with Crippen LogP contribution < -0.4 is 15.4 Å². The molecule has 25 heavy (non-hydrogen) atoms. The first-order valence-electron chi connectivity index (χ1n) is 8.17. The van der Waals surface area contributed by atoms with Gasteiger partial charge in [0.1, 0.15) is 5.75 Å². The lowest BCUT2D eigenvalue weighted by atomic mass is 9.92. The lowest BCUT2D eigenvalue weighted by Crippen LogP contribution is -2.48. The summed E-state index contributed by atoms with van der Waals surface area (Å²) < 4.78 is 5.17. The number of aliphatic imine (C=N–C) groups is 1. The number of carbonyl (C=O) groups is 1. The molecule has 0 aliphatic rings. The summed E-state index contributed by atoms with van der Waals surface area (Å²) >= 11 is 0. The molecule has 0 saturated carbocycles. The molecule has 7 heteroatoms. The van der Waals surface area contributed by atoms with Crippen molar-refractivity contribution in [3.05, 3.63) is 29.8 Å². The van der Waals surface area contributed by atoms with E-state index in [1.807, 2.05) is 57.0 Å². The number of hydrogen-bond acceptors (Lipinski definition) is 3. The molecule has 0 spiro atoms. The van der Waals surface area contributed by atoms with Gasteiger partial charge >= 0.3 is 0 Å². The van der Waals surface area contributed by atoms with E-state index in [0.29, 0.717) is 19.6 Å². The smallest absolute Gasteiger partial charge is 0.227 e. The third-order valence-electron chi connectivity index (χ3n) is 3.79. The molecule has 0 aliphatic heterocycles. The fraction of sp³-hybridized carbons (Fsp3) is 0.556. The molecule has 1 aromatic carbocycles. The van der Waals surface area contributed by atoms with Crippen molar-refractivity contribution in [3.8, 4) is 5.75 Å². The monoisotopic (exact) mass is 462 g/mol. The van der Waals surface area contributed by atoms with E-state index in [1.54, 1.807) is 14.2 Å². The van der Waals surface area contributed by atoms with Crippen molar-refractivity contribution in [1.82, 2.24) is 15.5 Å². The van der Waals surface area contributed by atoms with Crippen LogP contribution in [0.1, 0.15) is 26.3 Å². The van der Waals surface area contributed by atoms with E-state index >= 15 is 0 Å². The van der Waals surface area contributed by atoms with Crippen LogP contribution in [0.2, 0.25) is 0 Å². The predicted octanol–water partition coefficient (Wildman–Crippen LogP) is 2.48. The van der Waals surface area contributed by atoms with Gasteiger partial charge in [-0.15, -0.1) is 24.0 Å². The zero-order chi connectivity index (χ0) is 18.2. The average molecular weight is 462 g/mol. The van der Waals surface area contributed by atoms with Crippen LogP contribution in [-0.4, -0.2) is 51.1 Å².